The van der Waals surface area contributed by atoms with Crippen molar-refractivity contribution in [2.45, 2.75) is 13.0 Å². The van der Waals surface area contributed by atoms with Gasteiger partial charge in [-0.25, -0.2) is 0 Å². The van der Waals surface area contributed by atoms with Gasteiger partial charge < -0.3 is 5.73 Å². The molecule has 0 aliphatic heterocycles. The molecule has 2 aromatic rings. The molecule has 2 heterocycles. The van der Waals surface area contributed by atoms with Crippen LogP contribution in [0, 0.1) is 6.92 Å². The Hall–Kier alpha value is -0.300. The first-order valence-corrected chi connectivity index (χ1v) is 6.42. The molecule has 1 unspecified atom stereocenters. The SMILES string of the molecule is Cc1nnsc1C(N)c1sccc1Br. The third-order valence-corrected chi connectivity index (χ3v) is 4.76. The average Bonchev–Trinajstić information content (AvgIpc) is 2.73. The summed E-state index contributed by atoms with van der Waals surface area (Å²) >= 11 is 6.48. The Morgan fingerprint density at radius 3 is 2.79 bits per heavy atom. The van der Waals surface area contributed by atoms with E-state index in [1.54, 1.807) is 11.3 Å². The maximum atomic E-state index is 6.12. The number of aromatic nitrogens is 2. The van der Waals surface area contributed by atoms with Gasteiger partial charge in [-0.1, -0.05) is 4.49 Å². The van der Waals surface area contributed by atoms with E-state index in [0.29, 0.717) is 0 Å². The van der Waals surface area contributed by atoms with Crippen LogP contribution >= 0.6 is 38.8 Å². The molecule has 0 fully saturated rings. The lowest BCUT2D eigenvalue weighted by Gasteiger charge is -2.07. The number of hydrogen-bond donors (Lipinski definition) is 1. The normalized spacial score (nSPS) is 13.1. The maximum absolute atomic E-state index is 6.12. The van der Waals surface area contributed by atoms with Crippen LogP contribution in [-0.2, 0) is 0 Å². The van der Waals surface area contributed by atoms with Gasteiger partial charge in [-0.2, -0.15) is 0 Å². The summed E-state index contributed by atoms with van der Waals surface area (Å²) < 4.78 is 4.94. The molecule has 0 bridgehead atoms. The summed E-state index contributed by atoms with van der Waals surface area (Å²) in [4.78, 5) is 2.16. The minimum atomic E-state index is -0.107. The van der Waals surface area contributed by atoms with E-state index in [0.717, 1.165) is 19.9 Å². The molecule has 0 saturated heterocycles. The van der Waals surface area contributed by atoms with E-state index in [4.69, 9.17) is 5.73 Å². The van der Waals surface area contributed by atoms with Gasteiger partial charge in [0.05, 0.1) is 16.6 Å². The van der Waals surface area contributed by atoms with E-state index in [1.807, 2.05) is 18.4 Å². The fourth-order valence-electron chi connectivity index (χ4n) is 1.17. The molecule has 0 radical (unpaired) electrons. The number of nitrogens with two attached hydrogens (primary N) is 1. The molecule has 0 aliphatic rings. The van der Waals surface area contributed by atoms with Crippen molar-refractivity contribution in [1.29, 1.82) is 0 Å². The lowest BCUT2D eigenvalue weighted by Crippen LogP contribution is -2.10. The average molecular weight is 290 g/mol. The van der Waals surface area contributed by atoms with E-state index in [-0.39, 0.29) is 6.04 Å². The first kappa shape index (κ1) is 10.2. The van der Waals surface area contributed by atoms with Crippen LogP contribution < -0.4 is 5.73 Å². The highest BCUT2D eigenvalue weighted by molar-refractivity contribution is 9.10. The van der Waals surface area contributed by atoms with Crippen LogP contribution in [0.4, 0.5) is 0 Å². The summed E-state index contributed by atoms with van der Waals surface area (Å²) in [5.74, 6) is 0. The van der Waals surface area contributed by atoms with E-state index in [9.17, 15) is 0 Å². The number of thiophene rings is 1. The molecule has 0 spiro atoms. The van der Waals surface area contributed by atoms with Gasteiger partial charge in [0.2, 0.25) is 0 Å². The smallest absolute Gasteiger partial charge is 0.0786 e. The number of hydrogen-bond acceptors (Lipinski definition) is 5. The Balaban J connectivity index is 2.38. The van der Waals surface area contributed by atoms with Gasteiger partial charge in [0.1, 0.15) is 0 Å². The van der Waals surface area contributed by atoms with E-state index in [2.05, 4.69) is 25.5 Å². The molecule has 2 rings (SSSR count). The number of halogens is 1. The molecule has 0 amide bonds. The van der Waals surface area contributed by atoms with Gasteiger partial charge in [0.15, 0.2) is 0 Å². The van der Waals surface area contributed by atoms with Crippen LogP contribution in [0.2, 0.25) is 0 Å². The zero-order chi connectivity index (χ0) is 10.1. The van der Waals surface area contributed by atoms with Crippen molar-refractivity contribution in [3.8, 4) is 0 Å². The quantitative estimate of drug-likeness (QED) is 0.925. The second-order valence-corrected chi connectivity index (χ2v) is 5.42. The number of nitrogens with zero attached hydrogens (tertiary/aromatic N) is 2. The lowest BCUT2D eigenvalue weighted by molar-refractivity contribution is 0.890. The first-order chi connectivity index (χ1) is 6.70. The summed E-state index contributed by atoms with van der Waals surface area (Å²) in [6.07, 6.45) is 0. The van der Waals surface area contributed by atoms with E-state index in [1.165, 1.54) is 11.5 Å². The lowest BCUT2D eigenvalue weighted by atomic mass is 10.2. The van der Waals surface area contributed by atoms with Crippen molar-refractivity contribution < 1.29 is 0 Å². The predicted octanol–water partition coefficient (Wildman–Crippen LogP) is 2.72. The van der Waals surface area contributed by atoms with Gasteiger partial charge in [0, 0.05) is 9.35 Å². The number of aryl methyl sites for hydroxylation is 1. The van der Waals surface area contributed by atoms with Crippen LogP contribution in [0.15, 0.2) is 15.9 Å². The van der Waals surface area contributed by atoms with Crippen molar-refractivity contribution >= 4 is 38.8 Å². The predicted molar refractivity (Wildman–Crippen MR) is 62.7 cm³/mol. The Morgan fingerprint density at radius 2 is 2.29 bits per heavy atom. The Bertz CT molecular complexity index is 397. The monoisotopic (exact) mass is 289 g/mol. The van der Waals surface area contributed by atoms with Crippen molar-refractivity contribution in [2.24, 2.45) is 5.73 Å². The Morgan fingerprint density at radius 1 is 1.50 bits per heavy atom. The van der Waals surface area contributed by atoms with Gasteiger partial charge in [-0.05, 0) is 45.8 Å². The van der Waals surface area contributed by atoms with E-state index < -0.39 is 0 Å². The summed E-state index contributed by atoms with van der Waals surface area (Å²) in [7, 11) is 0. The van der Waals surface area contributed by atoms with Crippen LogP contribution in [0.1, 0.15) is 21.5 Å². The molecule has 2 N–H and O–H groups in total. The second-order valence-electron chi connectivity index (χ2n) is 2.83. The standard InChI is InChI=1S/C8H8BrN3S2/c1-4-7(14-12-11-4)6(10)8-5(9)2-3-13-8/h2-3,6H,10H2,1H3. The van der Waals surface area contributed by atoms with Gasteiger partial charge in [0.25, 0.3) is 0 Å². The van der Waals surface area contributed by atoms with Gasteiger partial charge in [-0.3, -0.25) is 0 Å². The molecule has 0 saturated carbocycles. The highest BCUT2D eigenvalue weighted by Gasteiger charge is 2.18. The molecule has 0 aliphatic carbocycles. The minimum absolute atomic E-state index is 0.107. The molecule has 14 heavy (non-hydrogen) atoms. The van der Waals surface area contributed by atoms with Crippen molar-refractivity contribution in [3.05, 3.63) is 31.4 Å². The summed E-state index contributed by atoms with van der Waals surface area (Å²) in [6.45, 7) is 1.93. The largest absolute Gasteiger partial charge is 0.319 e. The van der Waals surface area contributed by atoms with Crippen LogP contribution in [0.25, 0.3) is 0 Å². The molecule has 6 heteroatoms. The topological polar surface area (TPSA) is 51.8 Å². The van der Waals surface area contributed by atoms with E-state index >= 15 is 0 Å². The molecule has 0 aromatic carbocycles. The van der Waals surface area contributed by atoms with Crippen LogP contribution in [-0.4, -0.2) is 9.59 Å². The fraction of sp³-hybridized carbons (Fsp3) is 0.250. The van der Waals surface area contributed by atoms with Crippen LogP contribution in [0.5, 0.6) is 0 Å². The van der Waals surface area contributed by atoms with Gasteiger partial charge in [-0.15, -0.1) is 16.4 Å². The third-order valence-electron chi connectivity index (χ3n) is 1.90. The zero-order valence-corrected chi connectivity index (χ0v) is 10.6. The van der Waals surface area contributed by atoms with Crippen molar-refractivity contribution in [1.82, 2.24) is 9.59 Å². The molecular formula is C8H8BrN3S2. The maximum Gasteiger partial charge on any atom is 0.0786 e. The Kier molecular flexibility index (Phi) is 2.96. The van der Waals surface area contributed by atoms with Gasteiger partial charge >= 0.3 is 0 Å². The third kappa shape index (κ3) is 1.75. The first-order valence-electron chi connectivity index (χ1n) is 3.97. The highest BCUT2D eigenvalue weighted by atomic mass is 79.9. The van der Waals surface area contributed by atoms with Crippen LogP contribution in [0.3, 0.4) is 0 Å². The zero-order valence-electron chi connectivity index (χ0n) is 7.40. The highest BCUT2D eigenvalue weighted by Crippen LogP contribution is 2.33. The minimum Gasteiger partial charge on any atom is -0.319 e. The molecule has 2 aromatic heterocycles. The van der Waals surface area contributed by atoms with Crippen molar-refractivity contribution in [2.75, 3.05) is 0 Å². The summed E-state index contributed by atoms with van der Waals surface area (Å²) in [5, 5.41) is 5.97. The fourth-order valence-corrected chi connectivity index (χ4v) is 3.53. The molecule has 74 valence electrons. The summed E-state index contributed by atoms with van der Waals surface area (Å²) in [6, 6.07) is 1.90. The molecule has 1 atom stereocenters. The Labute approximate surface area is 98.3 Å². The second kappa shape index (κ2) is 4.06. The molecular weight excluding hydrogens is 282 g/mol. The van der Waals surface area contributed by atoms with Crippen molar-refractivity contribution in [3.63, 3.8) is 0 Å². The summed E-state index contributed by atoms with van der Waals surface area (Å²) in [5.41, 5.74) is 7.04. The molecule has 3 nitrogen and oxygen atoms in total. The number of rotatable bonds is 2.